The van der Waals surface area contributed by atoms with Gasteiger partial charge in [0.2, 0.25) is 5.91 Å². The van der Waals surface area contributed by atoms with Crippen molar-refractivity contribution in [1.29, 1.82) is 0 Å². The highest BCUT2D eigenvalue weighted by molar-refractivity contribution is 8.14. The highest BCUT2D eigenvalue weighted by Crippen LogP contribution is 2.17. The zero-order chi connectivity index (χ0) is 9.14. The lowest BCUT2D eigenvalue weighted by atomic mass is 9.97. The molecule has 0 radical (unpaired) electrons. The molecular weight excluding hydrogens is 172 g/mol. The van der Waals surface area contributed by atoms with Gasteiger partial charge >= 0.3 is 0 Å². The lowest BCUT2D eigenvalue weighted by molar-refractivity contribution is -0.121. The number of carbonyl (C=O) groups is 1. The second kappa shape index (κ2) is 4.14. The predicted octanol–water partition coefficient (Wildman–Crippen LogP) is 0.230. The van der Waals surface area contributed by atoms with E-state index in [1.807, 2.05) is 0 Å². The van der Waals surface area contributed by atoms with Gasteiger partial charge in [0.05, 0.1) is 0 Å². The Morgan fingerprint density at radius 3 is 2.58 bits per heavy atom. The van der Waals surface area contributed by atoms with Crippen molar-refractivity contribution in [2.45, 2.75) is 6.42 Å². The highest BCUT2D eigenvalue weighted by Gasteiger charge is 2.25. The van der Waals surface area contributed by atoms with Gasteiger partial charge in [-0.25, -0.2) is 0 Å². The molecule has 1 heterocycles. The Balaban J connectivity index is 2.11. The Hall–Kier alpha value is -0.220. The van der Waals surface area contributed by atoms with Crippen LogP contribution in [0.4, 0.5) is 0 Å². The Morgan fingerprint density at radius 1 is 1.58 bits per heavy atom. The van der Waals surface area contributed by atoms with Gasteiger partial charge in [0, 0.05) is 19.5 Å². The second-order valence-electron chi connectivity index (χ2n) is 3.72. The quantitative estimate of drug-likeness (QED) is 0.624. The van der Waals surface area contributed by atoms with E-state index in [9.17, 15) is 4.79 Å². The smallest absolute Gasteiger partial charge is 0.228 e. The van der Waals surface area contributed by atoms with E-state index < -0.39 is 0 Å². The van der Waals surface area contributed by atoms with Gasteiger partial charge in [0.25, 0.3) is 0 Å². The zero-order valence-electron chi connectivity index (χ0n) is 8.00. The first kappa shape index (κ1) is 9.86. The Labute approximate surface area is 77.0 Å². The van der Waals surface area contributed by atoms with E-state index in [1.54, 1.807) is 0 Å². The SMILES string of the molecule is CN1CC(CC(=O)N[SH](C)C)C1. The fraction of sp³-hybridized carbons (Fsp3) is 0.875. The van der Waals surface area contributed by atoms with Crippen LogP contribution in [-0.4, -0.2) is 43.5 Å². The summed E-state index contributed by atoms with van der Waals surface area (Å²) in [6, 6.07) is 0. The molecule has 0 unspecified atom stereocenters. The molecular formula is C8H18N2OS. The topological polar surface area (TPSA) is 32.3 Å². The van der Waals surface area contributed by atoms with Crippen LogP contribution in [0.5, 0.6) is 0 Å². The number of likely N-dealkylation sites (tertiary alicyclic amines) is 1. The Bertz CT molecular complexity index is 166. The molecule has 1 saturated heterocycles. The molecule has 0 aliphatic carbocycles. The Kier molecular flexibility index (Phi) is 3.40. The summed E-state index contributed by atoms with van der Waals surface area (Å²) in [6.45, 7) is 2.16. The molecule has 1 fully saturated rings. The van der Waals surface area contributed by atoms with Crippen LogP contribution >= 0.6 is 11.1 Å². The van der Waals surface area contributed by atoms with Gasteiger partial charge in [-0.15, -0.1) is 0 Å². The minimum atomic E-state index is -0.276. The average Bonchev–Trinajstić information content (AvgIpc) is 1.82. The number of rotatable bonds is 3. The first-order valence-corrected chi connectivity index (χ1v) is 6.47. The molecule has 1 N–H and O–H groups in total. The van der Waals surface area contributed by atoms with Gasteiger partial charge in [0.1, 0.15) is 0 Å². The third-order valence-electron chi connectivity index (χ3n) is 1.96. The van der Waals surface area contributed by atoms with Gasteiger partial charge in [0.15, 0.2) is 0 Å². The van der Waals surface area contributed by atoms with Crippen LogP contribution in [-0.2, 0) is 4.79 Å². The Morgan fingerprint density at radius 2 is 2.17 bits per heavy atom. The molecule has 0 saturated carbocycles. The van der Waals surface area contributed by atoms with Gasteiger partial charge in [-0.2, -0.15) is 11.1 Å². The molecule has 0 aromatic heterocycles. The maximum atomic E-state index is 11.2. The molecule has 0 atom stereocenters. The summed E-state index contributed by atoms with van der Waals surface area (Å²) in [4.78, 5) is 13.5. The lowest BCUT2D eigenvalue weighted by Crippen LogP contribution is -2.45. The summed E-state index contributed by atoms with van der Waals surface area (Å²) in [7, 11) is 2.08. The van der Waals surface area contributed by atoms with Crippen LogP contribution in [0, 0.1) is 5.92 Å². The predicted molar refractivity (Wildman–Crippen MR) is 54.6 cm³/mol. The fourth-order valence-electron chi connectivity index (χ4n) is 1.51. The first-order valence-electron chi connectivity index (χ1n) is 4.23. The third kappa shape index (κ3) is 3.03. The largest absolute Gasteiger partial charge is 0.321 e. The van der Waals surface area contributed by atoms with Gasteiger partial charge in [-0.3, -0.25) is 4.79 Å². The van der Waals surface area contributed by atoms with Crippen LogP contribution in [0.25, 0.3) is 0 Å². The van der Waals surface area contributed by atoms with Crippen LogP contribution in [0.3, 0.4) is 0 Å². The van der Waals surface area contributed by atoms with E-state index in [-0.39, 0.29) is 17.0 Å². The van der Waals surface area contributed by atoms with Gasteiger partial charge in [-0.1, -0.05) is 0 Å². The minimum absolute atomic E-state index is 0.226. The summed E-state index contributed by atoms with van der Waals surface area (Å²) >= 11 is -0.276. The van der Waals surface area contributed by atoms with Crippen molar-refractivity contribution < 1.29 is 4.79 Å². The zero-order valence-corrected chi connectivity index (χ0v) is 8.90. The molecule has 3 nitrogen and oxygen atoms in total. The normalized spacial score (nSPS) is 20.1. The van der Waals surface area contributed by atoms with Crippen molar-refractivity contribution in [3.05, 3.63) is 0 Å². The van der Waals surface area contributed by atoms with E-state index in [0.29, 0.717) is 12.3 Å². The number of carbonyl (C=O) groups excluding carboxylic acids is 1. The second-order valence-corrected chi connectivity index (χ2v) is 5.73. The highest BCUT2D eigenvalue weighted by atomic mass is 32.2. The molecule has 0 bridgehead atoms. The summed E-state index contributed by atoms with van der Waals surface area (Å²) in [6.07, 6.45) is 4.82. The lowest BCUT2D eigenvalue weighted by Gasteiger charge is -2.35. The number of hydrogen-bond donors (Lipinski definition) is 2. The maximum absolute atomic E-state index is 11.2. The molecule has 0 aromatic rings. The minimum Gasteiger partial charge on any atom is -0.321 e. The van der Waals surface area contributed by atoms with Crippen molar-refractivity contribution >= 4 is 17.0 Å². The molecule has 1 aliphatic rings. The van der Waals surface area contributed by atoms with Gasteiger partial charge in [-0.05, 0) is 25.5 Å². The number of nitrogens with one attached hydrogen (secondary N) is 1. The van der Waals surface area contributed by atoms with E-state index in [4.69, 9.17) is 0 Å². The van der Waals surface area contributed by atoms with Crippen molar-refractivity contribution in [2.24, 2.45) is 5.92 Å². The summed E-state index contributed by atoms with van der Waals surface area (Å²) in [5.41, 5.74) is 0. The molecule has 0 aromatic carbocycles. The number of amides is 1. The maximum Gasteiger partial charge on any atom is 0.228 e. The van der Waals surface area contributed by atoms with E-state index in [1.165, 1.54) is 0 Å². The first-order chi connectivity index (χ1) is 5.58. The molecule has 0 spiro atoms. The molecule has 1 amide bonds. The monoisotopic (exact) mass is 190 g/mol. The average molecular weight is 190 g/mol. The third-order valence-corrected chi connectivity index (χ3v) is 2.66. The van der Waals surface area contributed by atoms with Crippen molar-refractivity contribution in [3.63, 3.8) is 0 Å². The molecule has 1 aliphatic heterocycles. The summed E-state index contributed by atoms with van der Waals surface area (Å²) in [5.74, 6) is 0.828. The molecule has 72 valence electrons. The molecule has 4 heteroatoms. The number of nitrogens with zero attached hydrogens (tertiary/aromatic N) is 1. The van der Waals surface area contributed by atoms with Crippen molar-refractivity contribution in [3.8, 4) is 0 Å². The fourth-order valence-corrected chi connectivity index (χ4v) is 2.10. The van der Waals surface area contributed by atoms with Crippen LogP contribution in [0.15, 0.2) is 0 Å². The van der Waals surface area contributed by atoms with E-state index in [0.717, 1.165) is 13.1 Å². The van der Waals surface area contributed by atoms with Crippen molar-refractivity contribution in [2.75, 3.05) is 32.6 Å². The van der Waals surface area contributed by atoms with E-state index >= 15 is 0 Å². The number of hydrogen-bond acceptors (Lipinski definition) is 2. The summed E-state index contributed by atoms with van der Waals surface area (Å²) in [5, 5.41) is 0. The van der Waals surface area contributed by atoms with Crippen molar-refractivity contribution in [1.82, 2.24) is 9.62 Å². The van der Waals surface area contributed by atoms with Gasteiger partial charge < -0.3 is 9.62 Å². The number of thiol groups is 1. The summed E-state index contributed by atoms with van der Waals surface area (Å²) < 4.78 is 2.96. The van der Waals surface area contributed by atoms with E-state index in [2.05, 4.69) is 29.2 Å². The van der Waals surface area contributed by atoms with Crippen LogP contribution in [0.2, 0.25) is 0 Å². The molecule has 12 heavy (non-hydrogen) atoms. The van der Waals surface area contributed by atoms with Crippen LogP contribution < -0.4 is 4.72 Å². The molecule has 1 rings (SSSR count). The van der Waals surface area contributed by atoms with Crippen LogP contribution in [0.1, 0.15) is 6.42 Å². The standard InChI is InChI=1S/C8H18N2OS/c1-10-5-7(6-10)4-8(11)9-12(2)3/h7,12H,4-6H2,1-3H3,(H,9,11).